The Morgan fingerprint density at radius 3 is 2.85 bits per heavy atom. The van der Waals surface area contributed by atoms with Gasteiger partial charge in [-0.3, -0.25) is 9.69 Å². The normalized spacial score (nSPS) is 18.3. The first-order valence-electron chi connectivity index (χ1n) is 9.63. The second-order valence-electron chi connectivity index (χ2n) is 7.71. The van der Waals surface area contributed by atoms with E-state index in [2.05, 4.69) is 49.1 Å². The standard InChI is InChI=1S/C22H29NO3/c1-16(2)11-13-26-21-10-9-17-6-3-4-8-19(17)20(21)15-23-12-5-7-18(14-23)22(24)25/h3-4,6,8-10,16,18H,5,7,11-15H2,1-2H3,(H,24,25). The van der Waals surface area contributed by atoms with Crippen molar-refractivity contribution in [2.45, 2.75) is 39.7 Å². The Bertz CT molecular complexity index is 756. The molecule has 0 spiro atoms. The highest BCUT2D eigenvalue weighted by Gasteiger charge is 2.26. The first-order valence-corrected chi connectivity index (χ1v) is 9.63. The largest absolute Gasteiger partial charge is 0.493 e. The monoisotopic (exact) mass is 355 g/mol. The van der Waals surface area contributed by atoms with Crippen LogP contribution >= 0.6 is 0 Å². The Kier molecular flexibility index (Phi) is 6.15. The SMILES string of the molecule is CC(C)CCOc1ccc2ccccc2c1CN1CCCC(C(=O)O)C1. The van der Waals surface area contributed by atoms with Gasteiger partial charge in [0.15, 0.2) is 0 Å². The fraction of sp³-hybridized carbons (Fsp3) is 0.500. The van der Waals surface area contributed by atoms with Crippen LogP contribution in [-0.2, 0) is 11.3 Å². The average molecular weight is 355 g/mol. The minimum Gasteiger partial charge on any atom is -0.493 e. The quantitative estimate of drug-likeness (QED) is 0.791. The maximum absolute atomic E-state index is 11.4. The van der Waals surface area contributed by atoms with E-state index in [1.807, 2.05) is 6.07 Å². The van der Waals surface area contributed by atoms with Crippen LogP contribution in [0.15, 0.2) is 36.4 Å². The van der Waals surface area contributed by atoms with Gasteiger partial charge in [0.2, 0.25) is 0 Å². The number of nitrogens with zero attached hydrogens (tertiary/aromatic N) is 1. The molecule has 0 saturated carbocycles. The van der Waals surface area contributed by atoms with Crippen molar-refractivity contribution in [3.8, 4) is 5.75 Å². The van der Waals surface area contributed by atoms with Crippen molar-refractivity contribution < 1.29 is 14.6 Å². The summed E-state index contributed by atoms with van der Waals surface area (Å²) < 4.78 is 6.13. The van der Waals surface area contributed by atoms with Gasteiger partial charge in [-0.2, -0.15) is 0 Å². The van der Waals surface area contributed by atoms with Gasteiger partial charge in [0.25, 0.3) is 0 Å². The van der Waals surface area contributed by atoms with Crippen LogP contribution in [0.1, 0.15) is 38.7 Å². The van der Waals surface area contributed by atoms with Gasteiger partial charge in [-0.25, -0.2) is 0 Å². The molecule has 1 N–H and O–H groups in total. The van der Waals surface area contributed by atoms with Crippen LogP contribution in [0.4, 0.5) is 0 Å². The minimum absolute atomic E-state index is 0.260. The molecule has 4 nitrogen and oxygen atoms in total. The average Bonchev–Trinajstić information content (AvgIpc) is 2.63. The molecule has 0 aliphatic carbocycles. The summed E-state index contributed by atoms with van der Waals surface area (Å²) in [5.74, 6) is 0.601. The second kappa shape index (κ2) is 8.54. The fourth-order valence-corrected chi connectivity index (χ4v) is 3.64. The number of rotatable bonds is 7. The molecule has 4 heteroatoms. The number of hydrogen-bond donors (Lipinski definition) is 1. The summed E-state index contributed by atoms with van der Waals surface area (Å²) in [5, 5.41) is 11.8. The molecule has 1 unspecified atom stereocenters. The lowest BCUT2D eigenvalue weighted by Crippen LogP contribution is -2.38. The van der Waals surface area contributed by atoms with Gasteiger partial charge in [-0.05, 0) is 48.6 Å². The molecule has 1 aliphatic heterocycles. The Hall–Kier alpha value is -2.07. The van der Waals surface area contributed by atoms with E-state index in [1.165, 1.54) is 16.3 Å². The van der Waals surface area contributed by atoms with Crippen molar-refractivity contribution in [3.05, 3.63) is 42.0 Å². The lowest BCUT2D eigenvalue weighted by molar-refractivity contribution is -0.143. The zero-order valence-electron chi connectivity index (χ0n) is 15.8. The molecule has 26 heavy (non-hydrogen) atoms. The smallest absolute Gasteiger partial charge is 0.307 e. The Morgan fingerprint density at radius 1 is 1.27 bits per heavy atom. The predicted molar refractivity (Wildman–Crippen MR) is 105 cm³/mol. The van der Waals surface area contributed by atoms with Gasteiger partial charge in [-0.1, -0.05) is 44.2 Å². The van der Waals surface area contributed by atoms with E-state index in [4.69, 9.17) is 4.74 Å². The molecule has 1 saturated heterocycles. The maximum atomic E-state index is 11.4. The molecular weight excluding hydrogens is 326 g/mol. The van der Waals surface area contributed by atoms with Gasteiger partial charge >= 0.3 is 5.97 Å². The summed E-state index contributed by atoms with van der Waals surface area (Å²) >= 11 is 0. The van der Waals surface area contributed by atoms with Crippen molar-refractivity contribution in [1.29, 1.82) is 0 Å². The Morgan fingerprint density at radius 2 is 2.08 bits per heavy atom. The Labute approximate surface area is 155 Å². The maximum Gasteiger partial charge on any atom is 0.307 e. The number of carbonyl (C=O) groups is 1. The fourth-order valence-electron chi connectivity index (χ4n) is 3.64. The number of piperidine rings is 1. The third kappa shape index (κ3) is 4.55. The van der Waals surface area contributed by atoms with Crippen LogP contribution in [0.25, 0.3) is 10.8 Å². The van der Waals surface area contributed by atoms with Gasteiger partial charge in [-0.15, -0.1) is 0 Å². The van der Waals surface area contributed by atoms with Gasteiger partial charge in [0.05, 0.1) is 12.5 Å². The Balaban J connectivity index is 1.85. The number of carboxylic acids is 1. The molecule has 1 aliphatic rings. The predicted octanol–water partition coefficient (Wildman–Crippen LogP) is 4.56. The number of fused-ring (bicyclic) bond motifs is 1. The molecule has 0 radical (unpaired) electrons. The number of carboxylic acid groups (broad SMARTS) is 1. The molecule has 2 aromatic rings. The highest BCUT2D eigenvalue weighted by Crippen LogP contribution is 2.31. The van der Waals surface area contributed by atoms with Crippen LogP contribution in [0.5, 0.6) is 5.75 Å². The summed E-state index contributed by atoms with van der Waals surface area (Å²) in [4.78, 5) is 13.6. The number of hydrogen-bond acceptors (Lipinski definition) is 3. The molecule has 1 fully saturated rings. The first kappa shape index (κ1) is 18.7. The molecule has 0 amide bonds. The van der Waals surface area contributed by atoms with E-state index >= 15 is 0 Å². The van der Waals surface area contributed by atoms with E-state index in [-0.39, 0.29) is 5.92 Å². The first-order chi connectivity index (χ1) is 12.5. The van der Waals surface area contributed by atoms with E-state index in [0.29, 0.717) is 19.1 Å². The van der Waals surface area contributed by atoms with Crippen molar-refractivity contribution in [2.75, 3.05) is 19.7 Å². The van der Waals surface area contributed by atoms with E-state index in [0.717, 1.165) is 38.1 Å². The van der Waals surface area contributed by atoms with Crippen molar-refractivity contribution >= 4 is 16.7 Å². The third-order valence-corrected chi connectivity index (χ3v) is 5.19. The van der Waals surface area contributed by atoms with Gasteiger partial charge < -0.3 is 9.84 Å². The number of likely N-dealkylation sites (tertiary alicyclic amines) is 1. The number of aliphatic carboxylic acids is 1. The zero-order chi connectivity index (χ0) is 18.5. The lowest BCUT2D eigenvalue weighted by atomic mass is 9.96. The van der Waals surface area contributed by atoms with Gasteiger partial charge in [0.1, 0.15) is 5.75 Å². The van der Waals surface area contributed by atoms with Crippen LogP contribution in [0, 0.1) is 11.8 Å². The third-order valence-electron chi connectivity index (χ3n) is 5.19. The zero-order valence-corrected chi connectivity index (χ0v) is 15.8. The van der Waals surface area contributed by atoms with Crippen LogP contribution < -0.4 is 4.74 Å². The van der Waals surface area contributed by atoms with Gasteiger partial charge in [0, 0.05) is 18.7 Å². The lowest BCUT2D eigenvalue weighted by Gasteiger charge is -2.31. The van der Waals surface area contributed by atoms with E-state index in [1.54, 1.807) is 0 Å². The summed E-state index contributed by atoms with van der Waals surface area (Å²) in [5.41, 5.74) is 1.18. The molecule has 1 heterocycles. The van der Waals surface area contributed by atoms with Crippen LogP contribution in [0.2, 0.25) is 0 Å². The second-order valence-corrected chi connectivity index (χ2v) is 7.71. The summed E-state index contributed by atoms with van der Waals surface area (Å²) in [6.45, 7) is 7.40. The molecule has 0 aromatic heterocycles. The molecule has 140 valence electrons. The summed E-state index contributed by atoms with van der Waals surface area (Å²) in [7, 11) is 0. The van der Waals surface area contributed by atoms with E-state index < -0.39 is 5.97 Å². The van der Waals surface area contributed by atoms with E-state index in [9.17, 15) is 9.90 Å². The van der Waals surface area contributed by atoms with Crippen molar-refractivity contribution in [1.82, 2.24) is 4.90 Å². The van der Waals surface area contributed by atoms with Crippen molar-refractivity contribution in [3.63, 3.8) is 0 Å². The number of ether oxygens (including phenoxy) is 1. The molecule has 3 rings (SSSR count). The topological polar surface area (TPSA) is 49.8 Å². The minimum atomic E-state index is -0.680. The highest BCUT2D eigenvalue weighted by atomic mass is 16.5. The highest BCUT2D eigenvalue weighted by molar-refractivity contribution is 5.87. The van der Waals surface area contributed by atoms with Crippen molar-refractivity contribution in [2.24, 2.45) is 11.8 Å². The molecule has 1 atom stereocenters. The molecule has 2 aromatic carbocycles. The number of benzene rings is 2. The summed E-state index contributed by atoms with van der Waals surface area (Å²) in [6.07, 6.45) is 2.74. The van der Waals surface area contributed by atoms with Crippen LogP contribution in [-0.4, -0.2) is 35.7 Å². The molecular formula is C22H29NO3. The summed E-state index contributed by atoms with van der Waals surface area (Å²) in [6, 6.07) is 12.5. The van der Waals surface area contributed by atoms with Crippen LogP contribution in [0.3, 0.4) is 0 Å². The molecule has 0 bridgehead atoms.